The lowest BCUT2D eigenvalue weighted by Crippen LogP contribution is -2.16. The molecule has 0 aromatic rings. The Hall–Kier alpha value is 0.770. The predicted molar refractivity (Wildman–Crippen MR) is 47.5 cm³/mol. The van der Waals surface area contributed by atoms with Gasteiger partial charge >= 0.3 is 0 Å². The van der Waals surface area contributed by atoms with Crippen LogP contribution in [-0.4, -0.2) is 10.7 Å². The van der Waals surface area contributed by atoms with Gasteiger partial charge in [0.15, 0.2) is 0 Å². The maximum Gasteiger partial charge on any atom is 0.0275 e. The maximum absolute atomic E-state index is 5.72. The van der Waals surface area contributed by atoms with Crippen LogP contribution in [0.1, 0.15) is 27.2 Å². The fourth-order valence-electron chi connectivity index (χ4n) is 0.816. The van der Waals surface area contributed by atoms with E-state index in [2.05, 4.69) is 36.7 Å². The van der Waals surface area contributed by atoms with E-state index in [1.807, 2.05) is 0 Å². The van der Waals surface area contributed by atoms with E-state index < -0.39 is 0 Å². The summed E-state index contributed by atoms with van der Waals surface area (Å²) in [6.45, 7) is 6.50. The SMILES string of the molecule is CC(Br)CC(C)(C)CCl. The van der Waals surface area contributed by atoms with Crippen LogP contribution in [0.5, 0.6) is 0 Å². The van der Waals surface area contributed by atoms with Crippen LogP contribution in [0.25, 0.3) is 0 Å². The highest BCUT2D eigenvalue weighted by Gasteiger charge is 2.17. The molecular formula is C7H14BrCl. The highest BCUT2D eigenvalue weighted by Crippen LogP contribution is 2.26. The lowest BCUT2D eigenvalue weighted by atomic mass is 9.91. The lowest BCUT2D eigenvalue weighted by molar-refractivity contribution is 0.387. The van der Waals surface area contributed by atoms with E-state index in [4.69, 9.17) is 11.6 Å². The summed E-state index contributed by atoms with van der Waals surface area (Å²) in [5, 5.41) is 0. The molecule has 2 heteroatoms. The van der Waals surface area contributed by atoms with Gasteiger partial charge in [0.25, 0.3) is 0 Å². The zero-order valence-electron chi connectivity index (χ0n) is 6.25. The normalized spacial score (nSPS) is 15.7. The molecule has 0 N–H and O–H groups in total. The summed E-state index contributed by atoms with van der Waals surface area (Å²) in [7, 11) is 0. The highest BCUT2D eigenvalue weighted by atomic mass is 79.9. The van der Waals surface area contributed by atoms with Crippen molar-refractivity contribution in [2.24, 2.45) is 5.41 Å². The summed E-state index contributed by atoms with van der Waals surface area (Å²) >= 11 is 9.21. The summed E-state index contributed by atoms with van der Waals surface area (Å²) in [5.74, 6) is 0.739. The van der Waals surface area contributed by atoms with Crippen molar-refractivity contribution in [1.82, 2.24) is 0 Å². The van der Waals surface area contributed by atoms with Gasteiger partial charge in [-0.2, -0.15) is 0 Å². The maximum atomic E-state index is 5.72. The van der Waals surface area contributed by atoms with Gasteiger partial charge in [0.1, 0.15) is 0 Å². The molecule has 9 heavy (non-hydrogen) atoms. The standard InChI is InChI=1S/C7H14BrCl/c1-6(8)4-7(2,3)5-9/h6H,4-5H2,1-3H3. The van der Waals surface area contributed by atoms with Crippen molar-refractivity contribution in [2.75, 3.05) is 5.88 Å². The Balaban J connectivity index is 3.58. The minimum Gasteiger partial charge on any atom is -0.126 e. The van der Waals surface area contributed by atoms with Crippen molar-refractivity contribution in [1.29, 1.82) is 0 Å². The van der Waals surface area contributed by atoms with Crippen LogP contribution >= 0.6 is 27.5 Å². The number of alkyl halides is 2. The molecule has 0 aliphatic rings. The molecule has 0 rings (SSSR count). The first-order chi connectivity index (χ1) is 3.98. The van der Waals surface area contributed by atoms with E-state index in [-0.39, 0.29) is 5.41 Å². The molecular weight excluding hydrogens is 199 g/mol. The smallest absolute Gasteiger partial charge is 0.0275 e. The van der Waals surface area contributed by atoms with E-state index in [0.717, 1.165) is 12.3 Å². The van der Waals surface area contributed by atoms with E-state index in [0.29, 0.717) is 4.83 Å². The van der Waals surface area contributed by atoms with E-state index in [9.17, 15) is 0 Å². The van der Waals surface area contributed by atoms with Gasteiger partial charge in [-0.1, -0.05) is 36.7 Å². The lowest BCUT2D eigenvalue weighted by Gasteiger charge is -2.22. The van der Waals surface area contributed by atoms with E-state index in [1.165, 1.54) is 0 Å². The molecule has 0 saturated heterocycles. The average Bonchev–Trinajstić information content (AvgIpc) is 1.63. The first kappa shape index (κ1) is 9.77. The van der Waals surface area contributed by atoms with Crippen LogP contribution in [0.2, 0.25) is 0 Å². The van der Waals surface area contributed by atoms with Gasteiger partial charge in [0.2, 0.25) is 0 Å². The number of halogens is 2. The first-order valence-corrected chi connectivity index (χ1v) is 4.63. The molecule has 0 nitrogen and oxygen atoms in total. The molecule has 0 aromatic carbocycles. The third kappa shape index (κ3) is 5.23. The molecule has 0 saturated carbocycles. The van der Waals surface area contributed by atoms with Gasteiger partial charge in [-0.15, -0.1) is 11.6 Å². The van der Waals surface area contributed by atoms with Crippen molar-refractivity contribution < 1.29 is 0 Å². The van der Waals surface area contributed by atoms with Gasteiger partial charge in [-0.25, -0.2) is 0 Å². The second kappa shape index (κ2) is 3.82. The molecule has 56 valence electrons. The van der Waals surface area contributed by atoms with Crippen LogP contribution in [0.4, 0.5) is 0 Å². The zero-order valence-corrected chi connectivity index (χ0v) is 8.59. The summed E-state index contributed by atoms with van der Waals surface area (Å²) < 4.78 is 0. The highest BCUT2D eigenvalue weighted by molar-refractivity contribution is 9.09. The number of rotatable bonds is 3. The van der Waals surface area contributed by atoms with Gasteiger partial charge in [-0.05, 0) is 11.8 Å². The van der Waals surface area contributed by atoms with Crippen LogP contribution in [-0.2, 0) is 0 Å². The Labute approximate surface area is 71.1 Å². The molecule has 0 aromatic heterocycles. The van der Waals surface area contributed by atoms with Gasteiger partial charge in [0.05, 0.1) is 0 Å². The third-order valence-electron chi connectivity index (χ3n) is 1.20. The topological polar surface area (TPSA) is 0 Å². The Bertz CT molecular complexity index is 79.0. The van der Waals surface area contributed by atoms with E-state index >= 15 is 0 Å². The molecule has 0 aliphatic carbocycles. The quantitative estimate of drug-likeness (QED) is 0.630. The second-order valence-electron chi connectivity index (χ2n) is 3.28. The first-order valence-electron chi connectivity index (χ1n) is 3.18. The summed E-state index contributed by atoms with van der Waals surface area (Å²) in [4.78, 5) is 0.575. The van der Waals surface area contributed by atoms with Crippen LogP contribution in [0, 0.1) is 5.41 Å². The predicted octanol–water partition coefficient (Wildman–Crippen LogP) is 3.42. The average molecular weight is 214 g/mol. The van der Waals surface area contributed by atoms with Gasteiger partial charge in [-0.3, -0.25) is 0 Å². The molecule has 0 bridgehead atoms. The number of hydrogen-bond donors (Lipinski definition) is 0. The Morgan fingerprint density at radius 1 is 1.56 bits per heavy atom. The second-order valence-corrected chi connectivity index (χ2v) is 5.11. The van der Waals surface area contributed by atoms with Crippen LogP contribution < -0.4 is 0 Å². The van der Waals surface area contributed by atoms with Crippen molar-refractivity contribution in [3.05, 3.63) is 0 Å². The molecule has 0 heterocycles. The molecule has 0 spiro atoms. The third-order valence-corrected chi connectivity index (χ3v) is 2.24. The molecule has 0 fully saturated rings. The molecule has 0 aliphatic heterocycles. The monoisotopic (exact) mass is 212 g/mol. The molecule has 1 atom stereocenters. The van der Waals surface area contributed by atoms with E-state index in [1.54, 1.807) is 0 Å². The Morgan fingerprint density at radius 3 is 2.11 bits per heavy atom. The summed E-state index contributed by atoms with van der Waals surface area (Å²) in [5.41, 5.74) is 0.282. The fourth-order valence-corrected chi connectivity index (χ4v) is 1.80. The van der Waals surface area contributed by atoms with Crippen LogP contribution in [0.15, 0.2) is 0 Å². The van der Waals surface area contributed by atoms with Crippen molar-refractivity contribution in [3.8, 4) is 0 Å². The summed E-state index contributed by atoms with van der Waals surface area (Å²) in [6.07, 6.45) is 1.14. The van der Waals surface area contributed by atoms with Gasteiger partial charge < -0.3 is 0 Å². The van der Waals surface area contributed by atoms with Gasteiger partial charge in [0, 0.05) is 10.7 Å². The number of hydrogen-bond acceptors (Lipinski definition) is 0. The largest absolute Gasteiger partial charge is 0.126 e. The van der Waals surface area contributed by atoms with Crippen LogP contribution in [0.3, 0.4) is 0 Å². The fraction of sp³-hybridized carbons (Fsp3) is 1.00. The minimum absolute atomic E-state index is 0.282. The van der Waals surface area contributed by atoms with Crippen molar-refractivity contribution in [3.63, 3.8) is 0 Å². The Kier molecular flexibility index (Phi) is 4.15. The minimum atomic E-state index is 0.282. The Morgan fingerprint density at radius 2 is 2.00 bits per heavy atom. The molecule has 1 unspecified atom stereocenters. The summed E-state index contributed by atoms with van der Waals surface area (Å²) in [6, 6.07) is 0. The molecule has 0 amide bonds. The molecule has 0 radical (unpaired) electrons. The van der Waals surface area contributed by atoms with Crippen molar-refractivity contribution in [2.45, 2.75) is 32.0 Å². The van der Waals surface area contributed by atoms with Crippen molar-refractivity contribution >= 4 is 27.5 Å². The zero-order chi connectivity index (χ0) is 7.49.